The lowest BCUT2D eigenvalue weighted by Crippen LogP contribution is -2.37. The largest absolute Gasteiger partial charge is 0.353 e. The van der Waals surface area contributed by atoms with Crippen molar-refractivity contribution in [2.75, 3.05) is 13.1 Å². The van der Waals surface area contributed by atoms with E-state index in [9.17, 15) is 13.2 Å². The van der Waals surface area contributed by atoms with Gasteiger partial charge in [-0.2, -0.15) is 0 Å². The third-order valence-electron chi connectivity index (χ3n) is 3.40. The minimum Gasteiger partial charge on any atom is -0.353 e. The summed E-state index contributed by atoms with van der Waals surface area (Å²) in [7, 11) is -3.55. The molecule has 0 bridgehead atoms. The molecule has 0 fully saturated rings. The van der Waals surface area contributed by atoms with Crippen LogP contribution in [0.4, 0.5) is 0 Å². The van der Waals surface area contributed by atoms with Crippen molar-refractivity contribution in [2.24, 2.45) is 0 Å². The third-order valence-corrected chi connectivity index (χ3v) is 4.88. The zero-order valence-electron chi connectivity index (χ0n) is 13.1. The number of nitrogens with zero attached hydrogens (tertiary/aromatic N) is 2. The Morgan fingerprint density at radius 1 is 1.26 bits per heavy atom. The van der Waals surface area contributed by atoms with Gasteiger partial charge in [-0.05, 0) is 26.0 Å². The van der Waals surface area contributed by atoms with Crippen molar-refractivity contribution in [3.05, 3.63) is 48.5 Å². The Hall–Kier alpha value is -2.19. The number of nitrogens with one attached hydrogen (secondary N) is 2. The fourth-order valence-electron chi connectivity index (χ4n) is 1.95. The lowest BCUT2D eigenvalue weighted by Gasteiger charge is -2.13. The smallest absolute Gasteiger partial charge is 0.242 e. The molecule has 0 radical (unpaired) electrons. The average Bonchev–Trinajstić information content (AvgIpc) is 3.05. The van der Waals surface area contributed by atoms with Gasteiger partial charge < -0.3 is 9.88 Å². The molecule has 0 saturated heterocycles. The first-order valence-electron chi connectivity index (χ1n) is 7.21. The van der Waals surface area contributed by atoms with Crippen molar-refractivity contribution in [3.63, 3.8) is 0 Å². The molecule has 2 N–H and O–H groups in total. The van der Waals surface area contributed by atoms with E-state index in [0.717, 1.165) is 5.56 Å². The van der Waals surface area contributed by atoms with E-state index in [4.69, 9.17) is 0 Å². The van der Waals surface area contributed by atoms with Crippen LogP contribution in [0.15, 0.2) is 47.9 Å². The van der Waals surface area contributed by atoms with E-state index in [2.05, 4.69) is 15.0 Å². The van der Waals surface area contributed by atoms with Crippen LogP contribution in [0.2, 0.25) is 0 Å². The summed E-state index contributed by atoms with van der Waals surface area (Å²) in [4.78, 5) is 16.0. The first-order chi connectivity index (χ1) is 10.9. The van der Waals surface area contributed by atoms with Crippen molar-refractivity contribution < 1.29 is 13.2 Å². The molecule has 2 aromatic rings. The zero-order valence-corrected chi connectivity index (χ0v) is 13.9. The highest BCUT2D eigenvalue weighted by molar-refractivity contribution is 7.89. The number of aryl methyl sites for hydroxylation is 1. The lowest BCUT2D eigenvalue weighted by atomic mass is 10.2. The normalized spacial score (nSPS) is 12.8. The van der Waals surface area contributed by atoms with E-state index < -0.39 is 16.1 Å². The van der Waals surface area contributed by atoms with Gasteiger partial charge in [0.25, 0.3) is 0 Å². The van der Waals surface area contributed by atoms with Crippen molar-refractivity contribution in [2.45, 2.75) is 24.8 Å². The minimum atomic E-state index is -3.55. The number of benzene rings is 1. The summed E-state index contributed by atoms with van der Waals surface area (Å²) in [5, 5.41) is 2.69. The van der Waals surface area contributed by atoms with Crippen LogP contribution in [-0.4, -0.2) is 37.0 Å². The van der Waals surface area contributed by atoms with Crippen molar-refractivity contribution in [3.8, 4) is 0 Å². The Bertz CT molecular complexity index is 740. The van der Waals surface area contributed by atoms with Gasteiger partial charge in [0.1, 0.15) is 6.04 Å². The highest BCUT2D eigenvalue weighted by Gasteiger charge is 2.15. The molecule has 8 heteroatoms. The van der Waals surface area contributed by atoms with Crippen LogP contribution in [-0.2, 0) is 14.8 Å². The molecule has 1 heterocycles. The SMILES string of the molecule is Cc1ccc(S(=O)(=O)NCCNC(=O)C(C)n2ccnc2)cc1. The van der Waals surface area contributed by atoms with E-state index >= 15 is 0 Å². The molecule has 7 nitrogen and oxygen atoms in total. The summed E-state index contributed by atoms with van der Waals surface area (Å²) < 4.78 is 28.3. The summed E-state index contributed by atoms with van der Waals surface area (Å²) in [5.41, 5.74) is 0.990. The molecule has 1 aromatic carbocycles. The standard InChI is InChI=1S/C15H20N4O3S/c1-12-3-5-14(6-4-12)23(21,22)18-8-7-17-15(20)13(2)19-10-9-16-11-19/h3-6,9-11,13,18H,7-8H2,1-2H3,(H,17,20). The first kappa shape index (κ1) is 17.2. The van der Waals surface area contributed by atoms with E-state index in [0.29, 0.717) is 0 Å². The number of sulfonamides is 1. The Labute approximate surface area is 135 Å². The number of carbonyl (C=O) groups is 1. The molecule has 23 heavy (non-hydrogen) atoms. The molecule has 1 amide bonds. The molecule has 2 rings (SSSR count). The second-order valence-electron chi connectivity index (χ2n) is 5.19. The van der Waals surface area contributed by atoms with E-state index in [-0.39, 0.29) is 23.9 Å². The number of rotatable bonds is 7. The van der Waals surface area contributed by atoms with Gasteiger partial charge in [0.15, 0.2) is 0 Å². The van der Waals surface area contributed by atoms with Gasteiger partial charge in [0.05, 0.1) is 11.2 Å². The molecule has 1 unspecified atom stereocenters. The Balaban J connectivity index is 1.80. The zero-order chi connectivity index (χ0) is 16.9. The fraction of sp³-hybridized carbons (Fsp3) is 0.333. The predicted octanol–water partition coefficient (Wildman–Crippen LogP) is 0.847. The van der Waals surface area contributed by atoms with Crippen LogP contribution in [0, 0.1) is 6.92 Å². The van der Waals surface area contributed by atoms with Crippen LogP contribution in [0.25, 0.3) is 0 Å². The number of hydrogen-bond acceptors (Lipinski definition) is 4. The number of amides is 1. The van der Waals surface area contributed by atoms with E-state index in [1.165, 1.54) is 0 Å². The predicted molar refractivity (Wildman–Crippen MR) is 86.3 cm³/mol. The van der Waals surface area contributed by atoms with E-state index in [1.54, 1.807) is 54.5 Å². The van der Waals surface area contributed by atoms with Crippen molar-refractivity contribution in [1.29, 1.82) is 0 Å². The van der Waals surface area contributed by atoms with Gasteiger partial charge in [0.2, 0.25) is 15.9 Å². The quantitative estimate of drug-likeness (QED) is 0.733. The number of hydrogen-bond donors (Lipinski definition) is 2. The second-order valence-corrected chi connectivity index (χ2v) is 6.95. The van der Waals surface area contributed by atoms with Gasteiger partial charge in [-0.3, -0.25) is 4.79 Å². The van der Waals surface area contributed by atoms with Crippen molar-refractivity contribution in [1.82, 2.24) is 19.6 Å². The van der Waals surface area contributed by atoms with Crippen LogP contribution >= 0.6 is 0 Å². The topological polar surface area (TPSA) is 93.1 Å². The number of imidazole rings is 1. The highest BCUT2D eigenvalue weighted by atomic mass is 32.2. The lowest BCUT2D eigenvalue weighted by molar-refractivity contribution is -0.123. The van der Waals surface area contributed by atoms with Gasteiger partial charge in [-0.1, -0.05) is 17.7 Å². The van der Waals surface area contributed by atoms with Crippen LogP contribution in [0.3, 0.4) is 0 Å². The van der Waals surface area contributed by atoms with Crippen LogP contribution in [0.1, 0.15) is 18.5 Å². The molecule has 1 aromatic heterocycles. The molecular weight excluding hydrogens is 316 g/mol. The Morgan fingerprint density at radius 2 is 1.96 bits per heavy atom. The maximum atomic E-state index is 12.1. The second kappa shape index (κ2) is 7.38. The monoisotopic (exact) mass is 336 g/mol. The Kier molecular flexibility index (Phi) is 5.51. The summed E-state index contributed by atoms with van der Waals surface area (Å²) in [6.07, 6.45) is 4.86. The molecule has 0 spiro atoms. The molecule has 0 saturated carbocycles. The number of carbonyl (C=O) groups excluding carboxylic acids is 1. The molecular formula is C15H20N4O3S. The minimum absolute atomic E-state index is 0.124. The molecule has 1 atom stereocenters. The maximum Gasteiger partial charge on any atom is 0.242 e. The molecule has 0 aliphatic carbocycles. The third kappa shape index (κ3) is 4.64. The number of aromatic nitrogens is 2. The van der Waals surface area contributed by atoms with Gasteiger partial charge in [0, 0.05) is 25.5 Å². The molecule has 0 aliphatic heterocycles. The fourth-order valence-corrected chi connectivity index (χ4v) is 2.99. The highest BCUT2D eigenvalue weighted by Crippen LogP contribution is 2.09. The van der Waals surface area contributed by atoms with Crippen molar-refractivity contribution >= 4 is 15.9 Å². The molecule has 124 valence electrons. The van der Waals surface area contributed by atoms with E-state index in [1.807, 2.05) is 6.92 Å². The summed E-state index contributed by atoms with van der Waals surface area (Å²) in [6, 6.07) is 6.19. The maximum absolute atomic E-state index is 12.1. The van der Waals surface area contributed by atoms with Crippen LogP contribution < -0.4 is 10.0 Å². The summed E-state index contributed by atoms with van der Waals surface area (Å²) >= 11 is 0. The van der Waals surface area contributed by atoms with Gasteiger partial charge >= 0.3 is 0 Å². The Morgan fingerprint density at radius 3 is 2.57 bits per heavy atom. The summed E-state index contributed by atoms with van der Waals surface area (Å²) in [5.74, 6) is -0.197. The van der Waals surface area contributed by atoms with Gasteiger partial charge in [-0.15, -0.1) is 0 Å². The van der Waals surface area contributed by atoms with Crippen LogP contribution in [0.5, 0.6) is 0 Å². The summed E-state index contributed by atoms with van der Waals surface area (Å²) in [6.45, 7) is 3.97. The molecule has 0 aliphatic rings. The van der Waals surface area contributed by atoms with Gasteiger partial charge in [-0.25, -0.2) is 18.1 Å². The average molecular weight is 336 g/mol. The first-order valence-corrected chi connectivity index (χ1v) is 8.70.